The first kappa shape index (κ1) is 20.1. The SMILES string of the molecule is Cc1c(Nc2c(C#N)cncc2C=CCCN2CCC[C@H](O)C2)ccc2[nH]ccc12. The number of anilines is 2. The standard InChI is InChI=1S/C24H27N5O/c1-17-21-9-10-27-23(21)8-7-22(17)28-24-18(14-26-15-19(24)13-25)5-2-3-11-29-12-4-6-20(30)16-29/h2,5,7-10,14-15,20,27,30H,3-4,6,11-12,16H2,1H3,(H,26,28)/t20-/m0/s1. The minimum absolute atomic E-state index is 0.198. The van der Waals surface area contributed by atoms with E-state index < -0.39 is 0 Å². The molecule has 1 atom stereocenters. The summed E-state index contributed by atoms with van der Waals surface area (Å²) in [5.41, 5.74) is 5.38. The largest absolute Gasteiger partial charge is 0.392 e. The minimum Gasteiger partial charge on any atom is -0.392 e. The monoisotopic (exact) mass is 401 g/mol. The van der Waals surface area contributed by atoms with E-state index in [4.69, 9.17) is 0 Å². The number of pyridine rings is 1. The van der Waals surface area contributed by atoms with Crippen molar-refractivity contribution in [3.63, 3.8) is 0 Å². The van der Waals surface area contributed by atoms with Crippen molar-refractivity contribution in [2.45, 2.75) is 32.3 Å². The van der Waals surface area contributed by atoms with Crippen LogP contribution in [-0.2, 0) is 0 Å². The number of aryl methyl sites for hydroxylation is 1. The number of aliphatic hydroxyl groups is 1. The Morgan fingerprint density at radius 2 is 2.27 bits per heavy atom. The summed E-state index contributed by atoms with van der Waals surface area (Å²) in [6, 6.07) is 8.39. The Bertz CT molecular complexity index is 1090. The van der Waals surface area contributed by atoms with Crippen LogP contribution < -0.4 is 5.32 Å². The van der Waals surface area contributed by atoms with E-state index in [9.17, 15) is 10.4 Å². The number of piperidine rings is 1. The van der Waals surface area contributed by atoms with Crippen LogP contribution in [0.3, 0.4) is 0 Å². The highest BCUT2D eigenvalue weighted by molar-refractivity contribution is 5.89. The van der Waals surface area contributed by atoms with Gasteiger partial charge in [0.2, 0.25) is 0 Å². The molecule has 1 saturated heterocycles. The van der Waals surface area contributed by atoms with Gasteiger partial charge in [0.05, 0.1) is 17.4 Å². The van der Waals surface area contributed by atoms with Crippen molar-refractivity contribution in [1.29, 1.82) is 5.26 Å². The highest BCUT2D eigenvalue weighted by Gasteiger charge is 2.16. The lowest BCUT2D eigenvalue weighted by atomic mass is 10.1. The molecule has 30 heavy (non-hydrogen) atoms. The molecule has 1 aliphatic rings. The number of β-amino-alcohol motifs (C(OH)–C–C–N with tert-alkyl or cyclic N) is 1. The number of fused-ring (bicyclic) bond motifs is 1. The number of aromatic amines is 1. The fourth-order valence-electron chi connectivity index (χ4n) is 4.08. The van der Waals surface area contributed by atoms with Crippen LogP contribution in [0.5, 0.6) is 0 Å². The van der Waals surface area contributed by atoms with Crippen LogP contribution in [0.25, 0.3) is 17.0 Å². The first-order valence-corrected chi connectivity index (χ1v) is 10.4. The fourth-order valence-corrected chi connectivity index (χ4v) is 4.08. The highest BCUT2D eigenvalue weighted by Crippen LogP contribution is 2.30. The number of rotatable bonds is 6. The van der Waals surface area contributed by atoms with Crippen molar-refractivity contribution in [2.75, 3.05) is 25.0 Å². The van der Waals surface area contributed by atoms with Crippen LogP contribution >= 0.6 is 0 Å². The Morgan fingerprint density at radius 1 is 1.37 bits per heavy atom. The van der Waals surface area contributed by atoms with Gasteiger partial charge in [-0.3, -0.25) is 4.98 Å². The lowest BCUT2D eigenvalue weighted by Gasteiger charge is -2.29. The fraction of sp³-hybridized carbons (Fsp3) is 0.333. The average molecular weight is 402 g/mol. The molecule has 6 nitrogen and oxygen atoms in total. The molecule has 0 bridgehead atoms. The zero-order valence-electron chi connectivity index (χ0n) is 17.2. The van der Waals surface area contributed by atoms with Crippen LogP contribution in [-0.4, -0.2) is 45.7 Å². The minimum atomic E-state index is -0.198. The molecule has 4 rings (SSSR count). The number of nitrogens with one attached hydrogen (secondary N) is 2. The smallest absolute Gasteiger partial charge is 0.103 e. The van der Waals surface area contributed by atoms with E-state index in [0.717, 1.165) is 72.3 Å². The molecule has 0 unspecified atom stereocenters. The molecular formula is C24H27N5O. The Kier molecular flexibility index (Phi) is 6.12. The molecule has 2 aromatic heterocycles. The quantitative estimate of drug-likeness (QED) is 0.572. The maximum atomic E-state index is 9.81. The predicted octanol–water partition coefficient (Wildman–Crippen LogP) is 4.35. The molecule has 1 aliphatic heterocycles. The first-order valence-electron chi connectivity index (χ1n) is 10.4. The number of aromatic nitrogens is 2. The van der Waals surface area contributed by atoms with Crippen molar-refractivity contribution in [2.24, 2.45) is 0 Å². The van der Waals surface area contributed by atoms with Crippen molar-refractivity contribution >= 4 is 28.4 Å². The number of aliphatic hydroxyl groups excluding tert-OH is 1. The van der Waals surface area contributed by atoms with Gasteiger partial charge in [0, 0.05) is 53.8 Å². The van der Waals surface area contributed by atoms with Gasteiger partial charge in [-0.1, -0.05) is 12.2 Å². The summed E-state index contributed by atoms with van der Waals surface area (Å²) in [5.74, 6) is 0. The summed E-state index contributed by atoms with van der Waals surface area (Å²) in [6.07, 6.45) is 12.1. The van der Waals surface area contributed by atoms with E-state index in [1.807, 2.05) is 24.4 Å². The van der Waals surface area contributed by atoms with Crippen LogP contribution in [0, 0.1) is 18.3 Å². The highest BCUT2D eigenvalue weighted by atomic mass is 16.3. The van der Waals surface area contributed by atoms with Gasteiger partial charge in [0.15, 0.2) is 0 Å². The summed E-state index contributed by atoms with van der Waals surface area (Å²) >= 11 is 0. The number of nitriles is 1. The van der Waals surface area contributed by atoms with Crippen LogP contribution in [0.15, 0.2) is 42.9 Å². The van der Waals surface area contributed by atoms with E-state index >= 15 is 0 Å². The second-order valence-electron chi connectivity index (χ2n) is 7.85. The molecule has 0 saturated carbocycles. The van der Waals surface area contributed by atoms with Crippen molar-refractivity contribution < 1.29 is 5.11 Å². The van der Waals surface area contributed by atoms with Crippen LogP contribution in [0.4, 0.5) is 11.4 Å². The topological polar surface area (TPSA) is 88.0 Å². The van der Waals surface area contributed by atoms with Crippen molar-refractivity contribution in [1.82, 2.24) is 14.9 Å². The van der Waals surface area contributed by atoms with Gasteiger partial charge in [-0.2, -0.15) is 5.26 Å². The van der Waals surface area contributed by atoms with E-state index in [1.54, 1.807) is 12.4 Å². The molecule has 0 amide bonds. The van der Waals surface area contributed by atoms with E-state index in [1.165, 1.54) is 0 Å². The second-order valence-corrected chi connectivity index (χ2v) is 7.85. The third-order valence-electron chi connectivity index (χ3n) is 5.75. The maximum absolute atomic E-state index is 9.81. The molecule has 1 aromatic carbocycles. The molecular weight excluding hydrogens is 374 g/mol. The maximum Gasteiger partial charge on any atom is 0.103 e. The summed E-state index contributed by atoms with van der Waals surface area (Å²) in [7, 11) is 0. The number of nitrogens with zero attached hydrogens (tertiary/aromatic N) is 3. The van der Waals surface area contributed by atoms with Gasteiger partial charge in [0.25, 0.3) is 0 Å². The van der Waals surface area contributed by atoms with Crippen molar-refractivity contribution in [3.8, 4) is 6.07 Å². The lowest BCUT2D eigenvalue weighted by Crippen LogP contribution is -2.38. The molecule has 0 radical (unpaired) electrons. The Balaban J connectivity index is 1.52. The molecule has 3 aromatic rings. The number of hydrogen-bond acceptors (Lipinski definition) is 5. The third kappa shape index (κ3) is 4.38. The molecule has 6 heteroatoms. The van der Waals surface area contributed by atoms with Crippen LogP contribution in [0.2, 0.25) is 0 Å². The zero-order valence-corrected chi connectivity index (χ0v) is 17.2. The predicted molar refractivity (Wildman–Crippen MR) is 121 cm³/mol. The molecule has 154 valence electrons. The van der Waals surface area contributed by atoms with E-state index in [2.05, 4.69) is 45.3 Å². The van der Waals surface area contributed by atoms with E-state index in [-0.39, 0.29) is 6.10 Å². The zero-order chi connectivity index (χ0) is 20.9. The Hall–Kier alpha value is -3.14. The summed E-state index contributed by atoms with van der Waals surface area (Å²) in [4.78, 5) is 9.77. The molecule has 0 aliphatic carbocycles. The number of hydrogen-bond donors (Lipinski definition) is 3. The van der Waals surface area contributed by atoms with Crippen LogP contribution in [0.1, 0.15) is 36.0 Å². The Morgan fingerprint density at radius 3 is 3.10 bits per heavy atom. The molecule has 3 heterocycles. The van der Waals surface area contributed by atoms with Gasteiger partial charge < -0.3 is 20.3 Å². The summed E-state index contributed by atoms with van der Waals surface area (Å²) in [5, 5.41) is 24.0. The Labute approximate surface area is 176 Å². The lowest BCUT2D eigenvalue weighted by molar-refractivity contribution is 0.0717. The number of H-pyrrole nitrogens is 1. The number of likely N-dealkylation sites (tertiary alicyclic amines) is 1. The van der Waals surface area contributed by atoms with Gasteiger partial charge in [-0.15, -0.1) is 0 Å². The van der Waals surface area contributed by atoms with Gasteiger partial charge in [0.1, 0.15) is 6.07 Å². The average Bonchev–Trinajstić information content (AvgIpc) is 3.23. The molecule has 3 N–H and O–H groups in total. The second kappa shape index (κ2) is 9.12. The summed E-state index contributed by atoms with van der Waals surface area (Å²) in [6.45, 7) is 4.80. The van der Waals surface area contributed by atoms with Gasteiger partial charge in [-0.05, 0) is 56.5 Å². The molecule has 0 spiro atoms. The van der Waals surface area contributed by atoms with Gasteiger partial charge in [-0.25, -0.2) is 0 Å². The summed E-state index contributed by atoms with van der Waals surface area (Å²) < 4.78 is 0. The number of benzene rings is 1. The third-order valence-corrected chi connectivity index (χ3v) is 5.75. The first-order chi connectivity index (χ1) is 14.7. The molecule has 1 fully saturated rings. The van der Waals surface area contributed by atoms with Gasteiger partial charge >= 0.3 is 0 Å². The van der Waals surface area contributed by atoms with E-state index in [0.29, 0.717) is 5.56 Å². The normalized spacial score (nSPS) is 17.4. The van der Waals surface area contributed by atoms with Crippen molar-refractivity contribution in [3.05, 3.63) is 59.6 Å².